The lowest BCUT2D eigenvalue weighted by atomic mass is 10.3. The van der Waals surface area contributed by atoms with Crippen molar-refractivity contribution < 1.29 is 4.79 Å². The molecule has 0 spiro atoms. The molecule has 11 heavy (non-hydrogen) atoms. The quantitative estimate of drug-likeness (QED) is 0.598. The molecule has 0 fully saturated rings. The molecule has 0 aliphatic rings. The van der Waals surface area contributed by atoms with Crippen molar-refractivity contribution >= 4 is 5.91 Å². The number of hydrogen-bond acceptors (Lipinski definition) is 2. The number of rotatable bonds is 4. The summed E-state index contributed by atoms with van der Waals surface area (Å²) in [5.74, 6) is -0.0279. The Morgan fingerprint density at radius 2 is 2.27 bits per heavy atom. The molecule has 0 radical (unpaired) electrons. The first-order chi connectivity index (χ1) is 5.13. The third kappa shape index (κ3) is 3.18. The van der Waals surface area contributed by atoms with Gasteiger partial charge in [-0.3, -0.25) is 4.79 Å². The van der Waals surface area contributed by atoms with Gasteiger partial charge in [-0.2, -0.15) is 0 Å². The predicted octanol–water partition coefficient (Wildman–Crippen LogP) is 0.368. The lowest BCUT2D eigenvalue weighted by Gasteiger charge is -2.24. The maximum atomic E-state index is 11.1. The van der Waals surface area contributed by atoms with Crippen molar-refractivity contribution in [3.8, 4) is 0 Å². The normalized spacial score (nSPS) is 9.82. The van der Waals surface area contributed by atoms with Crippen LogP contribution in [0.4, 0.5) is 0 Å². The summed E-state index contributed by atoms with van der Waals surface area (Å²) >= 11 is 0. The highest BCUT2D eigenvalue weighted by atomic mass is 16.2. The van der Waals surface area contributed by atoms with Crippen LogP contribution in [0.25, 0.3) is 0 Å². The minimum atomic E-state index is -0.0279. The number of nitrogens with zero attached hydrogens (tertiary/aromatic N) is 1. The molecule has 0 atom stereocenters. The zero-order chi connectivity index (χ0) is 8.85. The van der Waals surface area contributed by atoms with Crippen LogP contribution in [0, 0.1) is 0 Å². The average Bonchev–Trinajstić information content (AvgIpc) is 1.98. The van der Waals surface area contributed by atoms with Gasteiger partial charge in [0, 0.05) is 12.6 Å². The fourth-order valence-electron chi connectivity index (χ4n) is 0.857. The van der Waals surface area contributed by atoms with Crippen LogP contribution in [0.15, 0.2) is 12.7 Å². The van der Waals surface area contributed by atoms with Crippen molar-refractivity contribution in [3.63, 3.8) is 0 Å². The molecule has 0 aliphatic heterocycles. The van der Waals surface area contributed by atoms with E-state index in [1.807, 2.05) is 13.8 Å². The zero-order valence-electron chi connectivity index (χ0n) is 7.21. The summed E-state index contributed by atoms with van der Waals surface area (Å²) in [6, 6.07) is 0.198. The first-order valence-electron chi connectivity index (χ1n) is 3.74. The second-order valence-electron chi connectivity index (χ2n) is 2.63. The van der Waals surface area contributed by atoms with Crippen LogP contribution in [0.1, 0.15) is 13.8 Å². The van der Waals surface area contributed by atoms with Gasteiger partial charge in [-0.1, -0.05) is 6.08 Å². The van der Waals surface area contributed by atoms with E-state index in [4.69, 9.17) is 5.73 Å². The topological polar surface area (TPSA) is 46.3 Å². The molecule has 0 aromatic carbocycles. The van der Waals surface area contributed by atoms with Crippen molar-refractivity contribution in [2.24, 2.45) is 5.73 Å². The van der Waals surface area contributed by atoms with E-state index in [-0.39, 0.29) is 18.5 Å². The van der Waals surface area contributed by atoms with Crippen LogP contribution in [0.2, 0.25) is 0 Å². The van der Waals surface area contributed by atoms with E-state index in [0.717, 1.165) is 0 Å². The molecule has 0 aromatic rings. The molecule has 3 nitrogen and oxygen atoms in total. The van der Waals surface area contributed by atoms with E-state index in [1.165, 1.54) is 0 Å². The Bertz CT molecular complexity index is 143. The monoisotopic (exact) mass is 156 g/mol. The number of carbonyl (C=O) groups excluding carboxylic acids is 1. The average molecular weight is 156 g/mol. The maximum Gasteiger partial charge on any atom is 0.236 e. The molecule has 0 aliphatic carbocycles. The van der Waals surface area contributed by atoms with Crippen molar-refractivity contribution in [2.75, 3.05) is 13.1 Å². The van der Waals surface area contributed by atoms with Crippen LogP contribution < -0.4 is 5.73 Å². The molecule has 0 rings (SSSR count). The number of amides is 1. The van der Waals surface area contributed by atoms with Crippen molar-refractivity contribution in [1.82, 2.24) is 4.90 Å². The van der Waals surface area contributed by atoms with Crippen LogP contribution in [-0.4, -0.2) is 29.9 Å². The van der Waals surface area contributed by atoms with Gasteiger partial charge < -0.3 is 10.6 Å². The Balaban J connectivity index is 4.08. The molecule has 3 heteroatoms. The van der Waals surface area contributed by atoms with Gasteiger partial charge in [0.15, 0.2) is 0 Å². The van der Waals surface area contributed by atoms with Gasteiger partial charge in [-0.05, 0) is 13.8 Å². The van der Waals surface area contributed by atoms with Crippen LogP contribution in [0.5, 0.6) is 0 Å². The van der Waals surface area contributed by atoms with Crippen molar-refractivity contribution in [1.29, 1.82) is 0 Å². The summed E-state index contributed by atoms with van der Waals surface area (Å²) in [5.41, 5.74) is 5.22. The fourth-order valence-corrected chi connectivity index (χ4v) is 0.857. The molecular formula is C8H16N2O. The van der Waals surface area contributed by atoms with Crippen molar-refractivity contribution in [3.05, 3.63) is 12.7 Å². The molecule has 0 saturated heterocycles. The van der Waals surface area contributed by atoms with Crippen LogP contribution >= 0.6 is 0 Å². The summed E-state index contributed by atoms with van der Waals surface area (Å²) in [4.78, 5) is 12.8. The summed E-state index contributed by atoms with van der Waals surface area (Å²) in [6.07, 6.45) is 1.70. The van der Waals surface area contributed by atoms with E-state index < -0.39 is 0 Å². The molecular weight excluding hydrogens is 140 g/mol. The predicted molar refractivity (Wildman–Crippen MR) is 46.1 cm³/mol. The van der Waals surface area contributed by atoms with Crippen molar-refractivity contribution in [2.45, 2.75) is 19.9 Å². The number of nitrogens with two attached hydrogens (primary N) is 1. The Labute approximate surface area is 67.9 Å². The molecule has 64 valence electrons. The Morgan fingerprint density at radius 1 is 1.73 bits per heavy atom. The van der Waals surface area contributed by atoms with Gasteiger partial charge >= 0.3 is 0 Å². The molecule has 2 N–H and O–H groups in total. The van der Waals surface area contributed by atoms with Gasteiger partial charge in [-0.15, -0.1) is 6.58 Å². The second kappa shape index (κ2) is 4.91. The third-order valence-corrected chi connectivity index (χ3v) is 1.44. The SMILES string of the molecule is C=CCN(C(=O)CN)C(C)C. The number of carbonyl (C=O) groups is 1. The molecule has 0 saturated carbocycles. The fraction of sp³-hybridized carbons (Fsp3) is 0.625. The number of hydrogen-bond donors (Lipinski definition) is 1. The Kier molecular flexibility index (Phi) is 4.54. The molecule has 0 heterocycles. The van der Waals surface area contributed by atoms with Gasteiger partial charge in [0.05, 0.1) is 6.54 Å². The summed E-state index contributed by atoms with van der Waals surface area (Å²) < 4.78 is 0. The summed E-state index contributed by atoms with van der Waals surface area (Å²) in [6.45, 7) is 8.13. The summed E-state index contributed by atoms with van der Waals surface area (Å²) in [5, 5.41) is 0. The van der Waals surface area contributed by atoms with Gasteiger partial charge in [0.25, 0.3) is 0 Å². The van der Waals surface area contributed by atoms with E-state index in [0.29, 0.717) is 6.54 Å². The Hall–Kier alpha value is -0.830. The van der Waals surface area contributed by atoms with Gasteiger partial charge in [0.1, 0.15) is 0 Å². The lowest BCUT2D eigenvalue weighted by Crippen LogP contribution is -2.40. The van der Waals surface area contributed by atoms with Gasteiger partial charge in [-0.25, -0.2) is 0 Å². The second-order valence-corrected chi connectivity index (χ2v) is 2.63. The first-order valence-corrected chi connectivity index (χ1v) is 3.74. The first kappa shape index (κ1) is 10.2. The highest BCUT2D eigenvalue weighted by Gasteiger charge is 2.12. The van der Waals surface area contributed by atoms with E-state index >= 15 is 0 Å². The van der Waals surface area contributed by atoms with Crippen LogP contribution in [-0.2, 0) is 4.79 Å². The zero-order valence-corrected chi connectivity index (χ0v) is 7.21. The lowest BCUT2D eigenvalue weighted by molar-refractivity contribution is -0.130. The molecule has 1 amide bonds. The Morgan fingerprint density at radius 3 is 2.55 bits per heavy atom. The smallest absolute Gasteiger partial charge is 0.236 e. The van der Waals surface area contributed by atoms with E-state index in [9.17, 15) is 4.79 Å². The molecule has 0 unspecified atom stereocenters. The molecule has 0 bridgehead atoms. The minimum Gasteiger partial charge on any atom is -0.335 e. The summed E-state index contributed by atoms with van der Waals surface area (Å²) in [7, 11) is 0. The highest BCUT2D eigenvalue weighted by Crippen LogP contribution is 1.97. The van der Waals surface area contributed by atoms with E-state index in [1.54, 1.807) is 11.0 Å². The van der Waals surface area contributed by atoms with E-state index in [2.05, 4.69) is 6.58 Å². The largest absolute Gasteiger partial charge is 0.335 e. The minimum absolute atomic E-state index is 0.0279. The maximum absolute atomic E-state index is 11.1. The highest BCUT2D eigenvalue weighted by molar-refractivity contribution is 5.78. The standard InChI is InChI=1S/C8H16N2O/c1-4-5-10(7(2)3)8(11)6-9/h4,7H,1,5-6,9H2,2-3H3. The third-order valence-electron chi connectivity index (χ3n) is 1.44. The van der Waals surface area contributed by atoms with Crippen LogP contribution in [0.3, 0.4) is 0 Å². The van der Waals surface area contributed by atoms with Gasteiger partial charge in [0.2, 0.25) is 5.91 Å². The molecule has 0 aromatic heterocycles.